The molecule has 3 rings (SSSR count). The fourth-order valence-corrected chi connectivity index (χ4v) is 7.84. The molecule has 0 aromatic rings. The Bertz CT molecular complexity index is 1170. The predicted octanol–water partition coefficient (Wildman–Crippen LogP) is 3.04. The molecule has 0 aromatic carbocycles. The molecule has 0 aliphatic carbocycles. The van der Waals surface area contributed by atoms with Crippen molar-refractivity contribution in [3.05, 3.63) is 0 Å². The molecule has 3 fully saturated rings. The first-order chi connectivity index (χ1) is 24.1. The van der Waals surface area contributed by atoms with Crippen LogP contribution < -0.4 is 0 Å². The van der Waals surface area contributed by atoms with Gasteiger partial charge in [0, 0.05) is 31.9 Å². The van der Waals surface area contributed by atoms with Gasteiger partial charge in [-0.25, -0.2) is 0 Å². The zero-order valence-corrected chi connectivity index (χ0v) is 34.0. The van der Waals surface area contributed by atoms with Gasteiger partial charge in [0.15, 0.2) is 18.5 Å². The number of esters is 1. The number of rotatable bonds is 16. The van der Waals surface area contributed by atoms with Gasteiger partial charge in [0.2, 0.25) is 0 Å². The fraction of sp³-hybridized carbons (Fsp3) is 0.947. The van der Waals surface area contributed by atoms with Crippen LogP contribution in [0.2, 0.25) is 0 Å². The molecule has 14 heteroatoms. The van der Waals surface area contributed by atoms with Crippen LogP contribution in [0.3, 0.4) is 0 Å². The number of methoxy groups -OCH3 is 1. The van der Waals surface area contributed by atoms with E-state index in [4.69, 9.17) is 38.2 Å². The van der Waals surface area contributed by atoms with Crippen LogP contribution in [-0.4, -0.2) is 149 Å². The van der Waals surface area contributed by atoms with E-state index in [-0.39, 0.29) is 37.0 Å². The minimum atomic E-state index is -1.63. The lowest BCUT2D eigenvalue weighted by Crippen LogP contribution is -2.60. The van der Waals surface area contributed by atoms with Crippen molar-refractivity contribution in [1.29, 1.82) is 0 Å². The van der Waals surface area contributed by atoms with Crippen LogP contribution in [0.25, 0.3) is 0 Å². The molecule has 0 bridgehead atoms. The van der Waals surface area contributed by atoms with Gasteiger partial charge in [0.25, 0.3) is 0 Å². The highest BCUT2D eigenvalue weighted by molar-refractivity contribution is 5.81. The summed E-state index contributed by atoms with van der Waals surface area (Å²) >= 11 is 0. The smallest absolute Gasteiger partial charge is 0.311 e. The van der Waals surface area contributed by atoms with Crippen molar-refractivity contribution in [3.63, 3.8) is 0 Å². The SMILES string of the molecule is CC[C@@H](C)OC(=O)[C@H](C)[C@@H](O[C@H]1C[C@@](C)(OC)[C@@H](O)[C@H](C)O1)[C@H](C)[C@@H](O[C@@H]1O[C@H](C)C[C@H](N(C)C)[C@H]1O)[C@](C)(O)C[C@@H](C)N=C1OC(C)[C@H](O)[C@H]1C. The lowest BCUT2D eigenvalue weighted by molar-refractivity contribution is -0.317. The lowest BCUT2D eigenvalue weighted by Gasteiger charge is -2.48. The second kappa shape index (κ2) is 18.4. The number of carbonyl (C=O) groups excluding carboxylic acids is 1. The van der Waals surface area contributed by atoms with Crippen molar-refractivity contribution >= 4 is 11.9 Å². The number of carbonyl (C=O) groups is 1. The highest BCUT2D eigenvalue weighted by Gasteiger charge is 2.51. The maximum atomic E-state index is 13.7. The summed E-state index contributed by atoms with van der Waals surface area (Å²) in [4.78, 5) is 20.4. The molecule has 304 valence electrons. The monoisotopic (exact) mass is 746 g/mol. The van der Waals surface area contributed by atoms with Gasteiger partial charge < -0.3 is 58.5 Å². The summed E-state index contributed by atoms with van der Waals surface area (Å²) in [5.41, 5.74) is -2.62. The van der Waals surface area contributed by atoms with Crippen molar-refractivity contribution < 1.29 is 58.4 Å². The summed E-state index contributed by atoms with van der Waals surface area (Å²) in [5.74, 6) is -1.98. The zero-order valence-electron chi connectivity index (χ0n) is 34.0. The molecular weight excluding hydrogens is 676 g/mol. The van der Waals surface area contributed by atoms with E-state index in [1.54, 1.807) is 34.6 Å². The van der Waals surface area contributed by atoms with Crippen molar-refractivity contribution in [1.82, 2.24) is 4.90 Å². The molecule has 3 aliphatic heterocycles. The minimum absolute atomic E-state index is 0.0882. The Morgan fingerprint density at radius 2 is 1.67 bits per heavy atom. The first kappa shape index (κ1) is 44.9. The van der Waals surface area contributed by atoms with Gasteiger partial charge in [-0.05, 0) is 82.3 Å². The average Bonchev–Trinajstić information content (AvgIpc) is 3.30. The van der Waals surface area contributed by atoms with Crippen LogP contribution in [0.4, 0.5) is 0 Å². The van der Waals surface area contributed by atoms with Gasteiger partial charge >= 0.3 is 5.97 Å². The molecule has 0 amide bonds. The number of aliphatic hydroxyl groups is 4. The average molecular weight is 747 g/mol. The van der Waals surface area contributed by atoms with E-state index < -0.39 is 90.4 Å². The summed E-state index contributed by atoms with van der Waals surface area (Å²) in [7, 11) is 5.29. The first-order valence-corrected chi connectivity index (χ1v) is 19.1. The van der Waals surface area contributed by atoms with Gasteiger partial charge in [-0.15, -0.1) is 0 Å². The molecule has 3 saturated heterocycles. The van der Waals surface area contributed by atoms with Crippen molar-refractivity contribution in [3.8, 4) is 0 Å². The van der Waals surface area contributed by atoms with E-state index in [9.17, 15) is 25.2 Å². The van der Waals surface area contributed by atoms with Crippen LogP contribution in [-0.2, 0) is 38.0 Å². The van der Waals surface area contributed by atoms with Gasteiger partial charge in [0.05, 0.1) is 59.6 Å². The molecule has 1 unspecified atom stereocenters. The Hall–Kier alpha value is -1.46. The third kappa shape index (κ3) is 10.6. The Kier molecular flexibility index (Phi) is 15.9. The van der Waals surface area contributed by atoms with Crippen LogP contribution in [0, 0.1) is 17.8 Å². The standard InChI is InChI=1S/C38H70N2O12/c1-15-20(3)47-35(44)24(7)31(51-28-18-38(11,46-14)32(43)26(9)49-28)23(6)33(52-36-30(42)27(40(12)13)16-21(4)48-36)37(10,45)17-19(2)39-34-22(5)29(41)25(8)50-34/h19-33,36,41-43,45H,15-18H2,1-14H3/t19-,20-,21-,22-,23+,24-,25?,26+,27+,28+,29-,30-,31+,32+,33-,36+,37-,38-/m1/s1. The second-order valence-electron chi connectivity index (χ2n) is 16.4. The van der Waals surface area contributed by atoms with Crippen molar-refractivity contribution in [2.24, 2.45) is 22.7 Å². The van der Waals surface area contributed by atoms with Crippen LogP contribution in [0.1, 0.15) is 102 Å². The fourth-order valence-electron chi connectivity index (χ4n) is 7.84. The molecule has 52 heavy (non-hydrogen) atoms. The van der Waals surface area contributed by atoms with Crippen LogP contribution in [0.5, 0.6) is 0 Å². The number of aliphatic imine (C=N–C) groups is 1. The lowest BCUT2D eigenvalue weighted by atomic mass is 9.78. The number of aliphatic hydroxyl groups excluding tert-OH is 3. The number of hydrogen-bond acceptors (Lipinski definition) is 14. The van der Waals surface area contributed by atoms with Crippen molar-refractivity contribution in [2.75, 3.05) is 21.2 Å². The van der Waals surface area contributed by atoms with Crippen LogP contribution >= 0.6 is 0 Å². The molecular formula is C38H70N2O12. The molecule has 3 heterocycles. The maximum absolute atomic E-state index is 13.7. The van der Waals surface area contributed by atoms with Gasteiger partial charge in [0.1, 0.15) is 24.4 Å². The maximum Gasteiger partial charge on any atom is 0.311 e. The number of likely N-dealkylation sites (N-methyl/N-ethyl adjacent to an activating group) is 1. The van der Waals surface area contributed by atoms with E-state index >= 15 is 0 Å². The Labute approximate surface area is 311 Å². The van der Waals surface area contributed by atoms with E-state index in [2.05, 4.69) is 0 Å². The van der Waals surface area contributed by atoms with Crippen molar-refractivity contribution in [2.45, 2.75) is 193 Å². The molecule has 3 aliphatic rings. The topological polar surface area (TPSA) is 178 Å². The molecule has 0 radical (unpaired) electrons. The second-order valence-corrected chi connectivity index (χ2v) is 16.4. The molecule has 18 atom stereocenters. The molecule has 4 N–H and O–H groups in total. The Balaban J connectivity index is 2.07. The molecule has 0 aromatic heterocycles. The summed E-state index contributed by atoms with van der Waals surface area (Å²) in [5, 5.41) is 45.4. The third-order valence-electron chi connectivity index (χ3n) is 11.5. The molecule has 0 saturated carbocycles. The molecule has 0 spiro atoms. The highest BCUT2D eigenvalue weighted by atomic mass is 16.7. The number of ether oxygens (including phenoxy) is 7. The summed E-state index contributed by atoms with van der Waals surface area (Å²) < 4.78 is 43.1. The molecule has 14 nitrogen and oxygen atoms in total. The predicted molar refractivity (Wildman–Crippen MR) is 195 cm³/mol. The van der Waals surface area contributed by atoms with E-state index in [0.717, 1.165) is 0 Å². The number of hydrogen-bond donors (Lipinski definition) is 4. The van der Waals surface area contributed by atoms with E-state index in [1.807, 2.05) is 60.5 Å². The minimum Gasteiger partial charge on any atom is -0.475 e. The van der Waals surface area contributed by atoms with E-state index in [1.165, 1.54) is 7.11 Å². The third-order valence-corrected chi connectivity index (χ3v) is 11.5. The normalized spacial score (nSPS) is 39.6. The van der Waals surface area contributed by atoms with Gasteiger partial charge in [-0.1, -0.05) is 20.8 Å². The van der Waals surface area contributed by atoms with Gasteiger partial charge in [-0.3, -0.25) is 9.79 Å². The zero-order chi connectivity index (χ0) is 39.5. The largest absolute Gasteiger partial charge is 0.475 e. The Morgan fingerprint density at radius 3 is 2.21 bits per heavy atom. The Morgan fingerprint density at radius 1 is 1.04 bits per heavy atom. The van der Waals surface area contributed by atoms with Gasteiger partial charge in [-0.2, -0.15) is 0 Å². The number of nitrogens with zero attached hydrogens (tertiary/aromatic N) is 2. The summed E-state index contributed by atoms with van der Waals surface area (Å²) in [6, 6.07) is -0.756. The first-order valence-electron chi connectivity index (χ1n) is 19.1. The summed E-state index contributed by atoms with van der Waals surface area (Å²) in [6.45, 7) is 19.8. The summed E-state index contributed by atoms with van der Waals surface area (Å²) in [6.07, 6.45) is -6.91. The van der Waals surface area contributed by atoms with Crippen LogP contribution in [0.15, 0.2) is 4.99 Å². The van der Waals surface area contributed by atoms with E-state index in [0.29, 0.717) is 18.7 Å². The highest BCUT2D eigenvalue weighted by Crippen LogP contribution is 2.39. The quantitative estimate of drug-likeness (QED) is 0.170.